The van der Waals surface area contributed by atoms with Crippen molar-refractivity contribution in [1.29, 1.82) is 0 Å². The van der Waals surface area contributed by atoms with Gasteiger partial charge in [0.1, 0.15) is 5.75 Å². The first-order valence-electron chi connectivity index (χ1n) is 7.54. The van der Waals surface area contributed by atoms with Crippen molar-refractivity contribution >= 4 is 0 Å². The third-order valence-electron chi connectivity index (χ3n) is 4.18. The molecule has 1 saturated carbocycles. The van der Waals surface area contributed by atoms with E-state index in [2.05, 4.69) is 17.0 Å². The van der Waals surface area contributed by atoms with Crippen LogP contribution in [0.15, 0.2) is 24.3 Å². The molecule has 0 unspecified atom stereocenters. The summed E-state index contributed by atoms with van der Waals surface area (Å²) in [5, 5.41) is 3.49. The molecule has 0 atom stereocenters. The van der Waals surface area contributed by atoms with E-state index in [4.69, 9.17) is 0 Å². The number of hydrogen-bond acceptors (Lipinski definition) is 2. The van der Waals surface area contributed by atoms with E-state index < -0.39 is 6.36 Å². The Morgan fingerprint density at radius 2 is 1.71 bits per heavy atom. The average molecular weight is 301 g/mol. The van der Waals surface area contributed by atoms with Crippen molar-refractivity contribution < 1.29 is 17.9 Å². The third-order valence-corrected chi connectivity index (χ3v) is 4.18. The van der Waals surface area contributed by atoms with Gasteiger partial charge in [0.15, 0.2) is 0 Å². The van der Waals surface area contributed by atoms with Crippen molar-refractivity contribution in [3.05, 3.63) is 29.8 Å². The highest BCUT2D eigenvalue weighted by molar-refractivity contribution is 5.27. The molecule has 0 amide bonds. The summed E-state index contributed by atoms with van der Waals surface area (Å²) in [4.78, 5) is 0. The minimum absolute atomic E-state index is 0.172. The van der Waals surface area contributed by atoms with Crippen LogP contribution in [0.25, 0.3) is 0 Å². The molecule has 0 saturated heterocycles. The molecule has 2 rings (SSSR count). The summed E-state index contributed by atoms with van der Waals surface area (Å²) in [5.41, 5.74) is 0.974. The second-order valence-electron chi connectivity index (χ2n) is 5.70. The molecule has 0 aromatic heterocycles. The zero-order valence-corrected chi connectivity index (χ0v) is 12.2. The molecule has 1 N–H and O–H groups in total. The number of alkyl halides is 3. The predicted molar refractivity (Wildman–Crippen MR) is 76.0 cm³/mol. The van der Waals surface area contributed by atoms with Gasteiger partial charge in [-0.05, 0) is 49.3 Å². The molecule has 1 fully saturated rings. The number of halogens is 3. The lowest BCUT2D eigenvalue weighted by Gasteiger charge is -2.28. The lowest BCUT2D eigenvalue weighted by atomic mass is 9.84. The second kappa shape index (κ2) is 7.16. The van der Waals surface area contributed by atoms with Crippen molar-refractivity contribution in [3.8, 4) is 5.75 Å². The number of benzene rings is 1. The van der Waals surface area contributed by atoms with Gasteiger partial charge in [-0.25, -0.2) is 0 Å². The maximum absolute atomic E-state index is 12.1. The fourth-order valence-corrected chi connectivity index (χ4v) is 2.85. The van der Waals surface area contributed by atoms with Crippen molar-refractivity contribution in [3.63, 3.8) is 0 Å². The molecule has 1 aliphatic rings. The number of rotatable bonds is 5. The van der Waals surface area contributed by atoms with Crippen LogP contribution in [0, 0.1) is 5.92 Å². The molecule has 2 nitrogen and oxygen atoms in total. The van der Waals surface area contributed by atoms with Crippen molar-refractivity contribution in [2.24, 2.45) is 5.92 Å². The van der Waals surface area contributed by atoms with Crippen molar-refractivity contribution in [2.75, 3.05) is 0 Å². The Hall–Kier alpha value is -1.23. The van der Waals surface area contributed by atoms with E-state index in [-0.39, 0.29) is 5.75 Å². The van der Waals surface area contributed by atoms with E-state index >= 15 is 0 Å². The Morgan fingerprint density at radius 1 is 1.10 bits per heavy atom. The van der Waals surface area contributed by atoms with Gasteiger partial charge in [-0.3, -0.25) is 0 Å². The van der Waals surface area contributed by atoms with Crippen LogP contribution in [0.5, 0.6) is 5.75 Å². The third kappa shape index (κ3) is 5.58. The zero-order valence-electron chi connectivity index (χ0n) is 12.2. The molecule has 0 spiro atoms. The maximum atomic E-state index is 12.1. The first kappa shape index (κ1) is 16.1. The van der Waals surface area contributed by atoms with E-state index in [1.807, 2.05) is 0 Å². The van der Waals surface area contributed by atoms with Crippen molar-refractivity contribution in [2.45, 2.75) is 58.0 Å². The standard InChI is InChI=1S/C16H22F3NO/c1-2-12-3-7-14(8-4-12)20-11-13-5-9-15(10-6-13)21-16(17,18)19/h5-6,9-10,12,14,20H,2-4,7-8,11H2,1H3. The van der Waals surface area contributed by atoms with Gasteiger partial charge in [0.05, 0.1) is 0 Å². The molecule has 0 radical (unpaired) electrons. The van der Waals surface area contributed by atoms with Gasteiger partial charge < -0.3 is 10.1 Å². The van der Waals surface area contributed by atoms with Gasteiger partial charge in [0, 0.05) is 12.6 Å². The molecule has 5 heteroatoms. The highest BCUT2D eigenvalue weighted by Crippen LogP contribution is 2.27. The Labute approximate surface area is 123 Å². The molecule has 0 heterocycles. The Kier molecular flexibility index (Phi) is 5.51. The molecule has 118 valence electrons. The first-order valence-corrected chi connectivity index (χ1v) is 7.54. The lowest BCUT2D eigenvalue weighted by Crippen LogP contribution is -2.32. The van der Waals surface area contributed by atoms with Crippen molar-refractivity contribution in [1.82, 2.24) is 5.32 Å². The summed E-state index contributed by atoms with van der Waals surface area (Å²) in [6.07, 6.45) is 1.55. The topological polar surface area (TPSA) is 21.3 Å². The molecule has 21 heavy (non-hydrogen) atoms. The van der Waals surface area contributed by atoms with Gasteiger partial charge in [0.25, 0.3) is 0 Å². The zero-order chi connectivity index (χ0) is 15.3. The largest absolute Gasteiger partial charge is 0.573 e. The van der Waals surface area contributed by atoms with Gasteiger partial charge in [-0.2, -0.15) is 0 Å². The smallest absolute Gasteiger partial charge is 0.406 e. The van der Waals surface area contributed by atoms with Crippen LogP contribution in [0.3, 0.4) is 0 Å². The Bertz CT molecular complexity index is 422. The molecule has 1 aromatic carbocycles. The normalized spacial score (nSPS) is 23.0. The number of hydrogen-bond donors (Lipinski definition) is 1. The molecule has 1 aliphatic carbocycles. The summed E-state index contributed by atoms with van der Waals surface area (Å²) in [5.74, 6) is 0.691. The van der Waals surface area contributed by atoms with E-state index in [0.29, 0.717) is 12.6 Å². The average Bonchev–Trinajstić information content (AvgIpc) is 2.45. The number of ether oxygens (including phenoxy) is 1. The summed E-state index contributed by atoms with van der Waals surface area (Å²) >= 11 is 0. The van der Waals surface area contributed by atoms with Gasteiger partial charge in [-0.15, -0.1) is 13.2 Å². The van der Waals surface area contributed by atoms with E-state index in [0.717, 1.165) is 11.5 Å². The maximum Gasteiger partial charge on any atom is 0.573 e. The fraction of sp³-hybridized carbons (Fsp3) is 0.625. The Morgan fingerprint density at radius 3 is 2.24 bits per heavy atom. The summed E-state index contributed by atoms with van der Waals surface area (Å²) in [6.45, 7) is 2.93. The van der Waals surface area contributed by atoms with Gasteiger partial charge in [-0.1, -0.05) is 25.5 Å². The monoisotopic (exact) mass is 301 g/mol. The highest BCUT2D eigenvalue weighted by atomic mass is 19.4. The van der Waals surface area contributed by atoms with E-state index in [1.165, 1.54) is 44.2 Å². The summed E-state index contributed by atoms with van der Waals surface area (Å²) < 4.78 is 40.0. The van der Waals surface area contributed by atoms with Crippen LogP contribution in [0.2, 0.25) is 0 Å². The quantitative estimate of drug-likeness (QED) is 0.855. The van der Waals surface area contributed by atoms with E-state index in [1.54, 1.807) is 12.1 Å². The van der Waals surface area contributed by atoms with Crippen LogP contribution in [0.1, 0.15) is 44.6 Å². The first-order chi connectivity index (χ1) is 9.96. The predicted octanol–water partition coefficient (Wildman–Crippen LogP) is 4.64. The molecule has 0 bridgehead atoms. The lowest BCUT2D eigenvalue weighted by molar-refractivity contribution is -0.274. The molecule has 0 aliphatic heterocycles. The summed E-state index contributed by atoms with van der Waals surface area (Å²) in [6, 6.07) is 6.59. The van der Waals surface area contributed by atoms with Crippen LogP contribution >= 0.6 is 0 Å². The highest BCUT2D eigenvalue weighted by Gasteiger charge is 2.30. The molecular weight excluding hydrogens is 279 g/mol. The van der Waals surface area contributed by atoms with Gasteiger partial charge >= 0.3 is 6.36 Å². The minimum atomic E-state index is -4.63. The summed E-state index contributed by atoms with van der Waals surface area (Å²) in [7, 11) is 0. The molecular formula is C16H22F3NO. The second-order valence-corrected chi connectivity index (χ2v) is 5.70. The fourth-order valence-electron chi connectivity index (χ4n) is 2.85. The van der Waals surface area contributed by atoms with Crippen LogP contribution in [0.4, 0.5) is 13.2 Å². The Balaban J connectivity index is 1.76. The minimum Gasteiger partial charge on any atom is -0.406 e. The van der Waals surface area contributed by atoms with Crippen LogP contribution in [-0.2, 0) is 6.54 Å². The van der Waals surface area contributed by atoms with Crippen LogP contribution < -0.4 is 10.1 Å². The van der Waals surface area contributed by atoms with Gasteiger partial charge in [0.2, 0.25) is 0 Å². The SMILES string of the molecule is CCC1CCC(NCc2ccc(OC(F)(F)F)cc2)CC1. The van der Waals surface area contributed by atoms with E-state index in [9.17, 15) is 13.2 Å². The molecule has 1 aromatic rings. The van der Waals surface area contributed by atoms with Crippen LogP contribution in [-0.4, -0.2) is 12.4 Å². The number of nitrogens with one attached hydrogen (secondary N) is 1.